The third kappa shape index (κ3) is 63.6. The number of unbranched alkanes of at least 4 members (excludes halogenated alkanes) is 3. The van der Waals surface area contributed by atoms with Crippen molar-refractivity contribution >= 4 is 42.4 Å². The van der Waals surface area contributed by atoms with E-state index in [2.05, 4.69) is 0 Å². The molecule has 0 aliphatic rings. The lowest BCUT2D eigenvalue weighted by molar-refractivity contribution is -0.0980. The van der Waals surface area contributed by atoms with E-state index in [1.54, 1.807) is 14.2 Å². The van der Waals surface area contributed by atoms with Gasteiger partial charge in [-0.3, -0.25) is 0 Å². The van der Waals surface area contributed by atoms with Crippen LogP contribution in [0.3, 0.4) is 0 Å². The lowest BCUT2D eigenvalue weighted by Crippen LogP contribution is -2.07. The predicted octanol–water partition coefficient (Wildman–Crippen LogP) is 3.20. The summed E-state index contributed by atoms with van der Waals surface area (Å²) >= 11 is 10.5. The van der Waals surface area contributed by atoms with Crippen LogP contribution in [0, 0.1) is 0 Å². The van der Waals surface area contributed by atoms with Gasteiger partial charge in [0.05, 0.1) is 13.2 Å². The molecule has 0 spiro atoms. The highest BCUT2D eigenvalue weighted by Crippen LogP contribution is 1.93. The Morgan fingerprint density at radius 3 is 1.29 bits per heavy atom. The van der Waals surface area contributed by atoms with E-state index in [0.29, 0.717) is 53.2 Å². The maximum Gasteiger partial charge on any atom is 0.146 e. The van der Waals surface area contributed by atoms with Crippen LogP contribution in [-0.2, 0) is 38.0 Å². The fraction of sp³-hybridized carbons (Fsp3) is 0.952. The molecule has 0 unspecified atom stereocenters. The SMILES string of the molecule is C=O.COCCOCOCCCCOCOC.Cl.ClCOCCCCOCCl.OCCCCO. The van der Waals surface area contributed by atoms with Gasteiger partial charge >= 0.3 is 0 Å². The quantitative estimate of drug-likeness (QED) is 0.115. The number of hydrogen-bond donors (Lipinski definition) is 2. The second-order valence-corrected chi connectivity index (χ2v) is 6.28. The number of carbonyl (C=O) groups is 1. The molecular weight excluding hydrogens is 519 g/mol. The van der Waals surface area contributed by atoms with Crippen molar-refractivity contribution in [3.8, 4) is 0 Å². The first-order chi connectivity index (χ1) is 16.2. The van der Waals surface area contributed by atoms with Crippen LogP contribution < -0.4 is 0 Å². The second-order valence-electron chi connectivity index (χ2n) is 5.85. The monoisotopic (exact) mass is 564 g/mol. The van der Waals surface area contributed by atoms with Gasteiger partial charge in [-0.05, 0) is 38.5 Å². The van der Waals surface area contributed by atoms with Crippen LogP contribution in [0.2, 0.25) is 0 Å². The molecule has 0 aliphatic heterocycles. The zero-order chi connectivity index (χ0) is 25.7. The molecule has 0 bridgehead atoms. The van der Waals surface area contributed by atoms with Crippen LogP contribution in [0.15, 0.2) is 0 Å². The molecule has 0 aliphatic carbocycles. The minimum atomic E-state index is 0. The Morgan fingerprint density at radius 1 is 0.559 bits per heavy atom. The minimum absolute atomic E-state index is 0. The van der Waals surface area contributed by atoms with E-state index in [9.17, 15) is 0 Å². The van der Waals surface area contributed by atoms with E-state index in [1.807, 2.05) is 6.79 Å². The highest BCUT2D eigenvalue weighted by molar-refractivity contribution is 6.17. The average molecular weight is 566 g/mol. The van der Waals surface area contributed by atoms with Crippen molar-refractivity contribution in [2.24, 2.45) is 0 Å². The van der Waals surface area contributed by atoms with Crippen molar-refractivity contribution in [3.05, 3.63) is 0 Å². The summed E-state index contributed by atoms with van der Waals surface area (Å²) in [5.74, 6) is 0. The summed E-state index contributed by atoms with van der Waals surface area (Å²) in [4.78, 5) is 8.00. The summed E-state index contributed by atoms with van der Waals surface area (Å²) in [5, 5.41) is 16.2. The summed E-state index contributed by atoms with van der Waals surface area (Å²) in [6.45, 7) is 7.08. The zero-order valence-electron chi connectivity index (χ0n) is 20.8. The fourth-order valence-electron chi connectivity index (χ4n) is 1.61. The normalized spacial score (nSPS) is 9.47. The van der Waals surface area contributed by atoms with Gasteiger partial charge in [-0.2, -0.15) is 0 Å². The summed E-state index contributed by atoms with van der Waals surface area (Å²) in [6, 6.07) is 0.548. The van der Waals surface area contributed by atoms with Gasteiger partial charge in [-0.15, -0.1) is 12.4 Å². The molecule has 0 rings (SSSR count). The largest absolute Gasteiger partial charge is 0.396 e. The van der Waals surface area contributed by atoms with Crippen molar-refractivity contribution in [1.29, 1.82) is 0 Å². The molecule has 0 saturated heterocycles. The van der Waals surface area contributed by atoms with E-state index in [-0.39, 0.29) is 37.8 Å². The summed E-state index contributed by atoms with van der Waals surface area (Å²) in [6.07, 6.45) is 5.33. The van der Waals surface area contributed by atoms with Crippen molar-refractivity contribution in [3.63, 3.8) is 0 Å². The Labute approximate surface area is 221 Å². The number of alkyl halides is 2. The Morgan fingerprint density at radius 2 is 0.941 bits per heavy atom. The number of rotatable bonds is 22. The third-order valence-electron chi connectivity index (χ3n) is 3.17. The summed E-state index contributed by atoms with van der Waals surface area (Å²) in [5.41, 5.74) is 0. The molecule has 13 heteroatoms. The molecule has 34 heavy (non-hydrogen) atoms. The zero-order valence-corrected chi connectivity index (χ0v) is 23.1. The van der Waals surface area contributed by atoms with Gasteiger partial charge in [0.25, 0.3) is 0 Å². The van der Waals surface area contributed by atoms with Gasteiger partial charge in [0, 0.05) is 53.9 Å². The topological polar surface area (TPSA) is 122 Å². The lowest BCUT2D eigenvalue weighted by atomic mass is 10.3. The van der Waals surface area contributed by atoms with Crippen molar-refractivity contribution in [2.75, 3.05) is 92.8 Å². The van der Waals surface area contributed by atoms with E-state index >= 15 is 0 Å². The molecule has 2 N–H and O–H groups in total. The fourth-order valence-corrected chi connectivity index (χ4v) is 1.83. The average Bonchev–Trinajstić information content (AvgIpc) is 2.85. The van der Waals surface area contributed by atoms with Gasteiger partial charge in [-0.1, -0.05) is 23.2 Å². The highest BCUT2D eigenvalue weighted by atomic mass is 35.5. The maximum atomic E-state index is 8.09. The van der Waals surface area contributed by atoms with Crippen LogP contribution in [0.4, 0.5) is 0 Å². The van der Waals surface area contributed by atoms with Gasteiger partial charge in [0.15, 0.2) is 0 Å². The number of hydrogen-bond acceptors (Lipinski definition) is 10. The third-order valence-corrected chi connectivity index (χ3v) is 3.48. The molecule has 0 heterocycles. The van der Waals surface area contributed by atoms with Crippen LogP contribution >= 0.6 is 35.6 Å². The highest BCUT2D eigenvalue weighted by Gasteiger charge is 1.91. The molecule has 0 atom stereocenters. The van der Waals surface area contributed by atoms with Gasteiger partial charge < -0.3 is 48.2 Å². The predicted molar refractivity (Wildman–Crippen MR) is 136 cm³/mol. The first kappa shape index (κ1) is 44.2. The minimum Gasteiger partial charge on any atom is -0.396 e. The number of carbonyl (C=O) groups excluding carboxylic acids is 1. The molecule has 212 valence electrons. The van der Waals surface area contributed by atoms with E-state index < -0.39 is 0 Å². The number of halogens is 3. The number of aliphatic hydroxyl groups is 2. The number of ether oxygens (including phenoxy) is 7. The van der Waals surface area contributed by atoms with Crippen LogP contribution in [-0.4, -0.2) is 110 Å². The van der Waals surface area contributed by atoms with Crippen LogP contribution in [0.5, 0.6) is 0 Å². The Balaban J connectivity index is -0.000000128. The van der Waals surface area contributed by atoms with Crippen molar-refractivity contribution < 1.29 is 48.2 Å². The molecule has 0 radical (unpaired) electrons. The molecule has 10 nitrogen and oxygen atoms in total. The molecule has 0 saturated carbocycles. The number of aliphatic hydroxyl groups excluding tert-OH is 2. The smallest absolute Gasteiger partial charge is 0.146 e. The maximum absolute atomic E-state index is 8.09. The first-order valence-corrected chi connectivity index (χ1v) is 11.8. The molecule has 0 aromatic heterocycles. The lowest BCUT2D eigenvalue weighted by Gasteiger charge is -2.05. The number of methoxy groups -OCH3 is 2. The second kappa shape index (κ2) is 54.2. The van der Waals surface area contributed by atoms with E-state index in [1.165, 1.54) is 0 Å². The molecule has 0 amide bonds. The first-order valence-electron chi connectivity index (χ1n) is 10.7. The summed E-state index contributed by atoms with van der Waals surface area (Å²) < 4.78 is 34.8. The molecular formula is C21H47Cl3O10. The molecule has 0 aromatic carbocycles. The van der Waals surface area contributed by atoms with Crippen LogP contribution in [0.25, 0.3) is 0 Å². The van der Waals surface area contributed by atoms with Crippen molar-refractivity contribution in [2.45, 2.75) is 38.5 Å². The van der Waals surface area contributed by atoms with Crippen molar-refractivity contribution in [1.82, 2.24) is 0 Å². The van der Waals surface area contributed by atoms with Crippen LogP contribution in [0.1, 0.15) is 38.5 Å². The van der Waals surface area contributed by atoms with E-state index in [4.69, 9.17) is 71.4 Å². The Bertz CT molecular complexity index is 263. The van der Waals surface area contributed by atoms with Gasteiger partial charge in [0.2, 0.25) is 0 Å². The molecule has 0 fully saturated rings. The van der Waals surface area contributed by atoms with Gasteiger partial charge in [0.1, 0.15) is 32.5 Å². The standard InChI is InChI=1S/C10H22O5.C6H12Cl2O2.C4H10O2.CH2O.ClH/c1-11-7-8-15-10-14-6-4-3-5-13-9-12-2;7-5-9-3-1-2-4-10-6-8;5-3-1-2-4-6;1-2;/h3-10H2,1-2H3;1-6H2;5-6H,1-4H2;1H2;1H. The van der Waals surface area contributed by atoms with Gasteiger partial charge in [-0.25, -0.2) is 0 Å². The Kier molecular flexibility index (Phi) is 70.4. The molecule has 0 aromatic rings. The van der Waals surface area contributed by atoms with E-state index in [0.717, 1.165) is 38.5 Å². The Hall–Kier alpha value is 0.180. The summed E-state index contributed by atoms with van der Waals surface area (Å²) in [7, 11) is 3.25.